The Morgan fingerprint density at radius 1 is 1.07 bits per heavy atom. The molecule has 2 aromatic rings. The number of aryl methyl sites for hydroxylation is 2. The highest BCUT2D eigenvalue weighted by Crippen LogP contribution is 2.25. The zero-order chi connectivity index (χ0) is 20.0. The predicted molar refractivity (Wildman–Crippen MR) is 110 cm³/mol. The Morgan fingerprint density at radius 3 is 2.19 bits per heavy atom. The number of amides is 1. The highest BCUT2D eigenvalue weighted by molar-refractivity contribution is 7.92. The summed E-state index contributed by atoms with van der Waals surface area (Å²) in [7, 11) is -3.61. The third-order valence-corrected chi connectivity index (χ3v) is 5.53. The number of hydrogen-bond acceptors (Lipinski definition) is 3. The van der Waals surface area contributed by atoms with Gasteiger partial charge in [0.25, 0.3) is 0 Å². The zero-order valence-corrected chi connectivity index (χ0v) is 17.2. The predicted octanol–water partition coefficient (Wildman–Crippen LogP) is 3.21. The van der Waals surface area contributed by atoms with Gasteiger partial charge in [0.05, 0.1) is 11.9 Å². The highest BCUT2D eigenvalue weighted by atomic mass is 32.2. The zero-order valence-electron chi connectivity index (χ0n) is 16.4. The van der Waals surface area contributed by atoms with E-state index in [4.69, 9.17) is 0 Å². The van der Waals surface area contributed by atoms with Crippen molar-refractivity contribution in [2.75, 3.05) is 17.1 Å². The van der Waals surface area contributed by atoms with E-state index in [0.717, 1.165) is 22.9 Å². The number of anilines is 1. The molecule has 146 valence electrons. The van der Waals surface area contributed by atoms with E-state index >= 15 is 0 Å². The molecule has 0 spiro atoms. The second kappa shape index (κ2) is 9.04. The third kappa shape index (κ3) is 5.82. The molecule has 0 saturated carbocycles. The van der Waals surface area contributed by atoms with Crippen molar-refractivity contribution in [1.29, 1.82) is 0 Å². The maximum Gasteiger partial charge on any atom is 0.243 e. The van der Waals surface area contributed by atoms with Crippen LogP contribution in [0.2, 0.25) is 0 Å². The lowest BCUT2D eigenvalue weighted by molar-refractivity contribution is -0.122. The van der Waals surface area contributed by atoms with Gasteiger partial charge in [0, 0.05) is 6.54 Å². The molecule has 0 saturated heterocycles. The summed E-state index contributed by atoms with van der Waals surface area (Å²) in [6.45, 7) is 6.11. The molecule has 6 heteroatoms. The number of carbonyl (C=O) groups excluding carboxylic acids is 1. The van der Waals surface area contributed by atoms with E-state index in [1.807, 2.05) is 57.2 Å². The Kier molecular flexibility index (Phi) is 7.02. The monoisotopic (exact) mass is 388 g/mol. The van der Waals surface area contributed by atoms with Crippen molar-refractivity contribution < 1.29 is 13.2 Å². The largest absolute Gasteiger partial charge is 0.354 e. The topological polar surface area (TPSA) is 66.5 Å². The van der Waals surface area contributed by atoms with Gasteiger partial charge in [-0.15, -0.1) is 0 Å². The van der Waals surface area contributed by atoms with Crippen molar-refractivity contribution in [3.63, 3.8) is 0 Å². The number of benzene rings is 2. The maximum atomic E-state index is 12.8. The molecule has 0 aromatic heterocycles. The number of rotatable bonds is 8. The lowest BCUT2D eigenvalue weighted by atomic mass is 10.1. The minimum atomic E-state index is -3.61. The van der Waals surface area contributed by atoms with Gasteiger partial charge in [0.1, 0.15) is 6.04 Å². The van der Waals surface area contributed by atoms with Gasteiger partial charge in [-0.25, -0.2) is 8.42 Å². The first-order chi connectivity index (χ1) is 12.7. The normalized spacial score (nSPS) is 12.4. The number of nitrogens with zero attached hydrogens (tertiary/aromatic N) is 1. The number of nitrogens with one attached hydrogen (secondary N) is 1. The average molecular weight is 389 g/mol. The lowest BCUT2D eigenvalue weighted by Crippen LogP contribution is -2.49. The number of sulfonamides is 1. The van der Waals surface area contributed by atoms with E-state index in [1.54, 1.807) is 12.1 Å². The number of hydrogen-bond donors (Lipinski definition) is 1. The molecule has 2 rings (SSSR count). The summed E-state index contributed by atoms with van der Waals surface area (Å²) in [5.74, 6) is -0.280. The Balaban J connectivity index is 2.20. The van der Waals surface area contributed by atoms with Crippen LogP contribution in [0.5, 0.6) is 0 Å². The quantitative estimate of drug-likeness (QED) is 0.755. The third-order valence-electron chi connectivity index (χ3n) is 4.35. The molecular formula is C21H28N2O3S. The van der Waals surface area contributed by atoms with Crippen LogP contribution in [-0.2, 0) is 21.2 Å². The van der Waals surface area contributed by atoms with E-state index in [0.29, 0.717) is 25.1 Å². The SMILES string of the molecule is CCC(C(=O)NCCc1ccccc1)N(c1cc(C)cc(C)c1)S(C)(=O)=O. The Hall–Kier alpha value is -2.34. The van der Waals surface area contributed by atoms with Crippen molar-refractivity contribution in [2.45, 2.75) is 39.7 Å². The van der Waals surface area contributed by atoms with Gasteiger partial charge in [0.2, 0.25) is 15.9 Å². The van der Waals surface area contributed by atoms with Crippen LogP contribution in [0.4, 0.5) is 5.69 Å². The summed E-state index contributed by atoms with van der Waals surface area (Å²) in [6.07, 6.45) is 2.23. The first-order valence-electron chi connectivity index (χ1n) is 9.11. The fourth-order valence-corrected chi connectivity index (χ4v) is 4.43. The molecule has 0 radical (unpaired) electrons. The second-order valence-corrected chi connectivity index (χ2v) is 8.71. The van der Waals surface area contributed by atoms with Crippen LogP contribution in [-0.4, -0.2) is 33.2 Å². The molecule has 0 aliphatic heterocycles. The van der Waals surface area contributed by atoms with Crippen molar-refractivity contribution >= 4 is 21.6 Å². The highest BCUT2D eigenvalue weighted by Gasteiger charge is 2.31. The van der Waals surface area contributed by atoms with E-state index in [1.165, 1.54) is 4.31 Å². The molecular weight excluding hydrogens is 360 g/mol. The Morgan fingerprint density at radius 2 is 1.67 bits per heavy atom. The van der Waals surface area contributed by atoms with Gasteiger partial charge >= 0.3 is 0 Å². The molecule has 0 aliphatic rings. The van der Waals surface area contributed by atoms with Gasteiger partial charge in [0.15, 0.2) is 0 Å². The van der Waals surface area contributed by atoms with Crippen molar-refractivity contribution in [3.05, 3.63) is 65.2 Å². The van der Waals surface area contributed by atoms with Gasteiger partial charge < -0.3 is 5.32 Å². The molecule has 0 heterocycles. The van der Waals surface area contributed by atoms with Crippen LogP contribution in [0.15, 0.2) is 48.5 Å². The molecule has 1 N–H and O–H groups in total. The van der Waals surface area contributed by atoms with Gasteiger partial charge in [-0.2, -0.15) is 0 Å². The average Bonchev–Trinajstić information content (AvgIpc) is 2.58. The smallest absolute Gasteiger partial charge is 0.243 e. The Bertz CT molecular complexity index is 859. The summed E-state index contributed by atoms with van der Waals surface area (Å²) in [5, 5.41) is 2.89. The molecule has 1 unspecified atom stereocenters. The van der Waals surface area contributed by atoms with Crippen molar-refractivity contribution in [1.82, 2.24) is 5.32 Å². The molecule has 0 fully saturated rings. The summed E-state index contributed by atoms with van der Waals surface area (Å²) < 4.78 is 26.2. The maximum absolute atomic E-state index is 12.8. The first kappa shape index (κ1) is 21.0. The van der Waals surface area contributed by atoms with Crippen molar-refractivity contribution in [2.24, 2.45) is 0 Å². The first-order valence-corrected chi connectivity index (χ1v) is 11.0. The summed E-state index contributed by atoms with van der Waals surface area (Å²) >= 11 is 0. The van der Waals surface area contributed by atoms with E-state index < -0.39 is 16.1 Å². The number of carbonyl (C=O) groups is 1. The van der Waals surface area contributed by atoms with E-state index in [2.05, 4.69) is 5.32 Å². The minimum absolute atomic E-state index is 0.280. The summed E-state index contributed by atoms with van der Waals surface area (Å²) in [6, 6.07) is 14.7. The lowest BCUT2D eigenvalue weighted by Gasteiger charge is -2.30. The fraction of sp³-hybridized carbons (Fsp3) is 0.381. The van der Waals surface area contributed by atoms with Crippen LogP contribution in [0, 0.1) is 13.8 Å². The Labute approximate surface area is 162 Å². The second-order valence-electron chi connectivity index (χ2n) is 6.86. The van der Waals surface area contributed by atoms with Crippen molar-refractivity contribution in [3.8, 4) is 0 Å². The van der Waals surface area contributed by atoms with Gasteiger partial charge in [-0.05, 0) is 55.5 Å². The molecule has 1 amide bonds. The van der Waals surface area contributed by atoms with Gasteiger partial charge in [-0.3, -0.25) is 9.10 Å². The van der Waals surface area contributed by atoms with E-state index in [9.17, 15) is 13.2 Å². The van der Waals surface area contributed by atoms with E-state index in [-0.39, 0.29) is 5.91 Å². The molecule has 27 heavy (non-hydrogen) atoms. The van der Waals surface area contributed by atoms with Gasteiger partial charge in [-0.1, -0.05) is 43.3 Å². The molecule has 0 aliphatic carbocycles. The van der Waals surface area contributed by atoms with Crippen LogP contribution in [0.3, 0.4) is 0 Å². The summed E-state index contributed by atoms with van der Waals surface area (Å²) in [4.78, 5) is 12.8. The standard InChI is InChI=1S/C21H28N2O3S/c1-5-20(21(24)22-12-11-18-9-7-6-8-10-18)23(27(4,25)26)19-14-16(2)13-17(3)15-19/h6-10,13-15,20H,5,11-12H2,1-4H3,(H,22,24). The summed E-state index contributed by atoms with van der Waals surface area (Å²) in [5.41, 5.74) is 3.57. The molecule has 5 nitrogen and oxygen atoms in total. The molecule has 2 aromatic carbocycles. The fourth-order valence-electron chi connectivity index (χ4n) is 3.23. The van der Waals surface area contributed by atoms with Crippen LogP contribution in [0.25, 0.3) is 0 Å². The van der Waals surface area contributed by atoms with Crippen LogP contribution >= 0.6 is 0 Å². The molecule has 1 atom stereocenters. The van der Waals surface area contributed by atoms with Crippen LogP contribution in [0.1, 0.15) is 30.0 Å². The molecule has 0 bridgehead atoms. The van der Waals surface area contributed by atoms with Crippen LogP contribution < -0.4 is 9.62 Å². The minimum Gasteiger partial charge on any atom is -0.354 e.